The summed E-state index contributed by atoms with van der Waals surface area (Å²) >= 11 is 0. The van der Waals surface area contributed by atoms with Crippen LogP contribution < -0.4 is 0 Å². The first kappa shape index (κ1) is 10.4. The van der Waals surface area contributed by atoms with E-state index < -0.39 is 12.3 Å². The Morgan fingerprint density at radius 2 is 2.31 bits per heavy atom. The number of aliphatic hydroxyl groups excluding tert-OH is 1. The van der Waals surface area contributed by atoms with E-state index in [9.17, 15) is 9.18 Å². The van der Waals surface area contributed by atoms with Gasteiger partial charge in [0, 0.05) is 6.54 Å². The van der Waals surface area contributed by atoms with Crippen LogP contribution in [0.2, 0.25) is 0 Å². The third kappa shape index (κ3) is 2.95. The average Bonchev–Trinajstić information content (AvgIpc) is 2.28. The van der Waals surface area contributed by atoms with E-state index in [1.807, 2.05) is 0 Å². The van der Waals surface area contributed by atoms with Gasteiger partial charge in [-0.05, 0) is 26.2 Å². The van der Waals surface area contributed by atoms with E-state index in [-0.39, 0.29) is 12.5 Å². The van der Waals surface area contributed by atoms with Gasteiger partial charge >= 0.3 is 0 Å². The lowest BCUT2D eigenvalue weighted by Gasteiger charge is -2.22. The van der Waals surface area contributed by atoms with E-state index >= 15 is 0 Å². The number of amides is 1. The lowest BCUT2D eigenvalue weighted by Crippen LogP contribution is -2.40. The van der Waals surface area contributed by atoms with Gasteiger partial charge in [-0.2, -0.15) is 0 Å². The maximum atomic E-state index is 13.0. The number of halogens is 1. The molecule has 0 aromatic carbocycles. The minimum Gasteiger partial charge on any atom is -0.384 e. The molecular formula is C9H16FNO2. The molecular weight excluding hydrogens is 173 g/mol. The first-order chi connectivity index (χ1) is 6.11. The zero-order chi connectivity index (χ0) is 9.84. The summed E-state index contributed by atoms with van der Waals surface area (Å²) in [6, 6.07) is 0. The number of nitrogens with zero attached hydrogens (tertiary/aromatic N) is 1. The Labute approximate surface area is 77.5 Å². The summed E-state index contributed by atoms with van der Waals surface area (Å²) in [5, 5.41) is 9.04. The molecule has 1 unspecified atom stereocenters. The number of aliphatic hydroxyl groups is 1. The van der Waals surface area contributed by atoms with Crippen molar-refractivity contribution in [2.45, 2.75) is 38.5 Å². The fraction of sp³-hybridized carbons (Fsp3) is 0.889. The number of rotatable bonds is 1. The molecule has 1 heterocycles. The molecule has 13 heavy (non-hydrogen) atoms. The number of hydrogen-bond acceptors (Lipinski definition) is 2. The third-order valence-corrected chi connectivity index (χ3v) is 2.28. The Balaban J connectivity index is 2.52. The van der Waals surface area contributed by atoms with E-state index in [1.165, 1.54) is 11.8 Å². The highest BCUT2D eigenvalue weighted by atomic mass is 19.1. The molecule has 76 valence electrons. The lowest BCUT2D eigenvalue weighted by atomic mass is 10.2. The summed E-state index contributed by atoms with van der Waals surface area (Å²) < 4.78 is 13.0. The number of carbonyl (C=O) groups is 1. The quantitative estimate of drug-likeness (QED) is 0.660. The highest BCUT2D eigenvalue weighted by molar-refractivity contribution is 5.80. The molecule has 1 saturated heterocycles. The SMILES string of the molecule is C[C@H](O)C(=O)N1CCCCC(F)C1. The number of carbonyl (C=O) groups excluding carboxylic acids is 1. The molecule has 3 nitrogen and oxygen atoms in total. The fourth-order valence-electron chi connectivity index (χ4n) is 1.55. The van der Waals surface area contributed by atoms with Gasteiger partial charge in [0.1, 0.15) is 12.3 Å². The summed E-state index contributed by atoms with van der Waals surface area (Å²) in [5.74, 6) is -0.357. The second-order valence-electron chi connectivity index (χ2n) is 3.55. The fourth-order valence-corrected chi connectivity index (χ4v) is 1.55. The van der Waals surface area contributed by atoms with Gasteiger partial charge in [-0.25, -0.2) is 4.39 Å². The van der Waals surface area contributed by atoms with Crippen molar-refractivity contribution in [1.82, 2.24) is 4.90 Å². The molecule has 0 saturated carbocycles. The Kier molecular flexibility index (Phi) is 3.66. The second kappa shape index (κ2) is 4.56. The van der Waals surface area contributed by atoms with E-state index in [0.717, 1.165) is 12.8 Å². The molecule has 2 atom stereocenters. The Bertz CT molecular complexity index is 184. The van der Waals surface area contributed by atoms with Gasteiger partial charge in [0.05, 0.1) is 6.54 Å². The maximum Gasteiger partial charge on any atom is 0.251 e. The smallest absolute Gasteiger partial charge is 0.251 e. The molecule has 1 amide bonds. The van der Waals surface area contributed by atoms with Crippen LogP contribution in [0.3, 0.4) is 0 Å². The molecule has 0 radical (unpaired) electrons. The molecule has 0 aromatic heterocycles. The molecule has 1 fully saturated rings. The van der Waals surface area contributed by atoms with E-state index in [2.05, 4.69) is 0 Å². The Morgan fingerprint density at radius 1 is 1.62 bits per heavy atom. The highest BCUT2D eigenvalue weighted by Gasteiger charge is 2.23. The van der Waals surface area contributed by atoms with E-state index in [4.69, 9.17) is 5.11 Å². The predicted octanol–water partition coefficient (Wildman–Crippen LogP) is 0.718. The van der Waals surface area contributed by atoms with Crippen molar-refractivity contribution in [3.63, 3.8) is 0 Å². The van der Waals surface area contributed by atoms with E-state index in [1.54, 1.807) is 0 Å². The van der Waals surface area contributed by atoms with Gasteiger partial charge in [0.2, 0.25) is 0 Å². The van der Waals surface area contributed by atoms with Crippen molar-refractivity contribution in [2.75, 3.05) is 13.1 Å². The van der Waals surface area contributed by atoms with Gasteiger partial charge in [0.25, 0.3) is 5.91 Å². The van der Waals surface area contributed by atoms with Crippen LogP contribution in [0.1, 0.15) is 26.2 Å². The van der Waals surface area contributed by atoms with Crippen LogP contribution in [0.15, 0.2) is 0 Å². The predicted molar refractivity (Wildman–Crippen MR) is 47.0 cm³/mol. The van der Waals surface area contributed by atoms with Gasteiger partial charge in [0.15, 0.2) is 0 Å². The molecule has 1 aliphatic rings. The zero-order valence-corrected chi connectivity index (χ0v) is 7.87. The average molecular weight is 189 g/mol. The highest BCUT2D eigenvalue weighted by Crippen LogP contribution is 2.13. The summed E-state index contributed by atoms with van der Waals surface area (Å²) in [6.07, 6.45) is 0.253. The Morgan fingerprint density at radius 3 is 2.92 bits per heavy atom. The Hall–Kier alpha value is -0.640. The van der Waals surface area contributed by atoms with Crippen molar-refractivity contribution >= 4 is 5.91 Å². The molecule has 0 spiro atoms. The first-order valence-electron chi connectivity index (χ1n) is 4.72. The van der Waals surface area contributed by atoms with Crippen molar-refractivity contribution in [1.29, 1.82) is 0 Å². The van der Waals surface area contributed by atoms with Crippen molar-refractivity contribution in [3.8, 4) is 0 Å². The van der Waals surface area contributed by atoms with E-state index in [0.29, 0.717) is 13.0 Å². The summed E-state index contributed by atoms with van der Waals surface area (Å²) in [5.41, 5.74) is 0. The number of alkyl halides is 1. The summed E-state index contributed by atoms with van der Waals surface area (Å²) in [7, 11) is 0. The lowest BCUT2D eigenvalue weighted by molar-refractivity contribution is -0.139. The molecule has 1 aliphatic heterocycles. The van der Waals surface area contributed by atoms with Crippen molar-refractivity contribution in [2.24, 2.45) is 0 Å². The standard InChI is InChI=1S/C9H16FNO2/c1-7(12)9(13)11-5-3-2-4-8(10)6-11/h7-8,12H,2-6H2,1H3/t7-,8?/m0/s1. The molecule has 1 N–H and O–H groups in total. The van der Waals surface area contributed by atoms with Crippen LogP contribution in [0.5, 0.6) is 0 Å². The van der Waals surface area contributed by atoms with Gasteiger partial charge in [-0.15, -0.1) is 0 Å². The molecule has 1 rings (SSSR count). The van der Waals surface area contributed by atoms with Gasteiger partial charge < -0.3 is 10.0 Å². The maximum absolute atomic E-state index is 13.0. The van der Waals surface area contributed by atoms with Crippen LogP contribution in [-0.2, 0) is 4.79 Å². The summed E-state index contributed by atoms with van der Waals surface area (Å²) in [6.45, 7) is 2.13. The largest absolute Gasteiger partial charge is 0.384 e. The summed E-state index contributed by atoms with van der Waals surface area (Å²) in [4.78, 5) is 12.7. The number of likely N-dealkylation sites (tertiary alicyclic amines) is 1. The van der Waals surface area contributed by atoms with Gasteiger partial charge in [-0.1, -0.05) is 0 Å². The van der Waals surface area contributed by atoms with Crippen LogP contribution in [0.25, 0.3) is 0 Å². The van der Waals surface area contributed by atoms with Gasteiger partial charge in [-0.3, -0.25) is 4.79 Å². The minimum atomic E-state index is -1.01. The minimum absolute atomic E-state index is 0.143. The number of hydrogen-bond donors (Lipinski definition) is 1. The molecule has 0 aromatic rings. The van der Waals surface area contributed by atoms with Crippen molar-refractivity contribution in [3.05, 3.63) is 0 Å². The van der Waals surface area contributed by atoms with Crippen LogP contribution >= 0.6 is 0 Å². The van der Waals surface area contributed by atoms with Crippen LogP contribution in [0.4, 0.5) is 4.39 Å². The normalized spacial score (nSPS) is 26.7. The van der Waals surface area contributed by atoms with Crippen LogP contribution in [0, 0.1) is 0 Å². The second-order valence-corrected chi connectivity index (χ2v) is 3.55. The molecule has 4 heteroatoms. The molecule has 0 aliphatic carbocycles. The first-order valence-corrected chi connectivity index (χ1v) is 4.72. The van der Waals surface area contributed by atoms with Crippen molar-refractivity contribution < 1.29 is 14.3 Å². The van der Waals surface area contributed by atoms with Crippen LogP contribution in [-0.4, -0.2) is 41.3 Å². The third-order valence-electron chi connectivity index (χ3n) is 2.28. The topological polar surface area (TPSA) is 40.5 Å². The molecule has 0 bridgehead atoms. The monoisotopic (exact) mass is 189 g/mol. The zero-order valence-electron chi connectivity index (χ0n) is 7.87.